The molecule has 1 amide bonds. The average molecular weight is 284 g/mol. The molecule has 1 rings (SSSR count). The van der Waals surface area contributed by atoms with Crippen molar-refractivity contribution >= 4 is 5.91 Å². The lowest BCUT2D eigenvalue weighted by Gasteiger charge is -2.27. The maximum atomic E-state index is 13.7. The molecule has 0 aliphatic rings. The predicted octanol–water partition coefficient (Wildman–Crippen LogP) is 2.86. The zero-order valence-electron chi connectivity index (χ0n) is 12.2. The number of carbonyl (C=O) groups is 1. The van der Waals surface area contributed by atoms with Gasteiger partial charge in [-0.05, 0) is 37.6 Å². The molecule has 0 heterocycles. The maximum absolute atomic E-state index is 13.7. The summed E-state index contributed by atoms with van der Waals surface area (Å²) in [6.07, 6.45) is 1.14. The molecule has 112 valence electrons. The van der Waals surface area contributed by atoms with Gasteiger partial charge >= 0.3 is 0 Å². The lowest BCUT2D eigenvalue weighted by atomic mass is 10.0. The van der Waals surface area contributed by atoms with Gasteiger partial charge in [-0.1, -0.05) is 13.3 Å². The van der Waals surface area contributed by atoms with E-state index in [1.807, 2.05) is 6.92 Å². The topological polar surface area (TPSA) is 46.3 Å². The molecule has 0 spiro atoms. The van der Waals surface area contributed by atoms with E-state index < -0.39 is 17.7 Å². The van der Waals surface area contributed by atoms with Crippen LogP contribution in [0.25, 0.3) is 0 Å². The second-order valence-corrected chi connectivity index (χ2v) is 5.06. The van der Waals surface area contributed by atoms with E-state index in [2.05, 4.69) is 0 Å². The quantitative estimate of drug-likeness (QED) is 0.873. The number of halogens is 2. The van der Waals surface area contributed by atoms with E-state index >= 15 is 0 Å². The van der Waals surface area contributed by atoms with Gasteiger partial charge in [0.15, 0.2) is 0 Å². The summed E-state index contributed by atoms with van der Waals surface area (Å²) >= 11 is 0. The Bertz CT molecular complexity index is 461. The summed E-state index contributed by atoms with van der Waals surface area (Å²) in [7, 11) is 1.60. The first kappa shape index (κ1) is 16.6. The highest BCUT2D eigenvalue weighted by Crippen LogP contribution is 2.24. The minimum atomic E-state index is -0.520. The molecule has 0 saturated carbocycles. The number of benzene rings is 1. The van der Waals surface area contributed by atoms with Crippen LogP contribution < -0.4 is 5.73 Å². The fraction of sp³-hybridized carbons (Fsp3) is 0.533. The molecular formula is C15H22F2N2O. The van der Waals surface area contributed by atoms with Crippen LogP contribution in [0.1, 0.15) is 38.3 Å². The Morgan fingerprint density at radius 1 is 1.40 bits per heavy atom. The Balaban J connectivity index is 2.82. The normalized spacial score (nSPS) is 13.9. The zero-order valence-corrected chi connectivity index (χ0v) is 12.2. The van der Waals surface area contributed by atoms with E-state index in [0.717, 1.165) is 24.6 Å². The SMILES string of the molecule is CCC(CN)CC(=O)N(C)C(C)c1cc(F)ccc1F. The molecule has 1 aromatic rings. The van der Waals surface area contributed by atoms with Gasteiger partial charge in [-0.15, -0.1) is 0 Å². The van der Waals surface area contributed by atoms with Crippen molar-refractivity contribution in [2.45, 2.75) is 32.7 Å². The minimum absolute atomic E-state index is 0.113. The molecule has 0 radical (unpaired) electrons. The molecule has 2 N–H and O–H groups in total. The van der Waals surface area contributed by atoms with Gasteiger partial charge in [0.25, 0.3) is 0 Å². The highest BCUT2D eigenvalue weighted by molar-refractivity contribution is 5.76. The van der Waals surface area contributed by atoms with Gasteiger partial charge in [-0.3, -0.25) is 4.79 Å². The van der Waals surface area contributed by atoms with Crippen molar-refractivity contribution in [2.75, 3.05) is 13.6 Å². The van der Waals surface area contributed by atoms with E-state index in [4.69, 9.17) is 5.73 Å². The zero-order chi connectivity index (χ0) is 15.3. The number of hydrogen-bond acceptors (Lipinski definition) is 2. The average Bonchev–Trinajstić information content (AvgIpc) is 2.45. The summed E-state index contributed by atoms with van der Waals surface area (Å²) in [5.74, 6) is -1.01. The number of carbonyl (C=O) groups excluding carboxylic acids is 1. The molecule has 2 atom stereocenters. The van der Waals surface area contributed by atoms with Crippen LogP contribution in [0.15, 0.2) is 18.2 Å². The smallest absolute Gasteiger partial charge is 0.223 e. The highest BCUT2D eigenvalue weighted by Gasteiger charge is 2.22. The first-order chi connectivity index (χ1) is 9.40. The van der Waals surface area contributed by atoms with Crippen LogP contribution in [0.3, 0.4) is 0 Å². The van der Waals surface area contributed by atoms with Gasteiger partial charge in [0.05, 0.1) is 6.04 Å². The molecule has 0 aromatic heterocycles. The van der Waals surface area contributed by atoms with Crippen LogP contribution in [-0.4, -0.2) is 24.4 Å². The van der Waals surface area contributed by atoms with Crippen LogP contribution in [-0.2, 0) is 4.79 Å². The van der Waals surface area contributed by atoms with Crippen LogP contribution in [0, 0.1) is 17.6 Å². The third-order valence-corrected chi connectivity index (χ3v) is 3.76. The van der Waals surface area contributed by atoms with Gasteiger partial charge in [0, 0.05) is 19.0 Å². The first-order valence-electron chi connectivity index (χ1n) is 6.81. The molecule has 3 nitrogen and oxygen atoms in total. The molecular weight excluding hydrogens is 262 g/mol. The lowest BCUT2D eigenvalue weighted by molar-refractivity contribution is -0.132. The van der Waals surface area contributed by atoms with Crippen molar-refractivity contribution in [1.82, 2.24) is 4.90 Å². The number of nitrogens with two attached hydrogens (primary N) is 1. The number of rotatable bonds is 6. The summed E-state index contributed by atoms with van der Waals surface area (Å²) in [6, 6.07) is 2.75. The third-order valence-electron chi connectivity index (χ3n) is 3.76. The molecule has 5 heteroatoms. The second-order valence-electron chi connectivity index (χ2n) is 5.06. The first-order valence-corrected chi connectivity index (χ1v) is 6.81. The molecule has 2 unspecified atom stereocenters. The molecule has 0 bridgehead atoms. The van der Waals surface area contributed by atoms with Crippen molar-refractivity contribution < 1.29 is 13.6 Å². The Kier molecular flexibility index (Phi) is 6.07. The monoisotopic (exact) mass is 284 g/mol. The predicted molar refractivity (Wildman–Crippen MR) is 75.0 cm³/mol. The van der Waals surface area contributed by atoms with Gasteiger partial charge in [-0.25, -0.2) is 8.78 Å². The van der Waals surface area contributed by atoms with E-state index in [0.29, 0.717) is 13.0 Å². The largest absolute Gasteiger partial charge is 0.339 e. The van der Waals surface area contributed by atoms with Crippen molar-refractivity contribution in [2.24, 2.45) is 11.7 Å². The summed E-state index contributed by atoms with van der Waals surface area (Å²) in [6.45, 7) is 4.10. The van der Waals surface area contributed by atoms with Gasteiger partial charge in [-0.2, -0.15) is 0 Å². The molecule has 20 heavy (non-hydrogen) atoms. The molecule has 1 aromatic carbocycles. The Hall–Kier alpha value is -1.49. The van der Waals surface area contributed by atoms with Gasteiger partial charge < -0.3 is 10.6 Å². The lowest BCUT2D eigenvalue weighted by Crippen LogP contribution is -2.32. The van der Waals surface area contributed by atoms with E-state index in [9.17, 15) is 13.6 Å². The third kappa shape index (κ3) is 4.00. The number of hydrogen-bond donors (Lipinski definition) is 1. The van der Waals surface area contributed by atoms with E-state index in [1.54, 1.807) is 14.0 Å². The standard InChI is InChI=1S/C15H22F2N2O/c1-4-11(9-18)7-15(20)19(3)10(2)13-8-12(16)5-6-14(13)17/h5-6,8,10-11H,4,7,9,18H2,1-3H3. The molecule has 0 saturated heterocycles. The second kappa shape index (κ2) is 7.33. The van der Waals surface area contributed by atoms with Crippen LogP contribution >= 0.6 is 0 Å². The fourth-order valence-electron chi connectivity index (χ4n) is 2.04. The minimum Gasteiger partial charge on any atom is -0.339 e. The van der Waals surface area contributed by atoms with Crippen LogP contribution in [0.4, 0.5) is 8.78 Å². The van der Waals surface area contributed by atoms with Crippen molar-refractivity contribution in [1.29, 1.82) is 0 Å². The maximum Gasteiger partial charge on any atom is 0.223 e. The summed E-state index contributed by atoms with van der Waals surface area (Å²) < 4.78 is 26.9. The molecule has 0 aliphatic heterocycles. The molecule has 0 aliphatic carbocycles. The van der Waals surface area contributed by atoms with Gasteiger partial charge in [0.1, 0.15) is 11.6 Å². The van der Waals surface area contributed by atoms with Crippen molar-refractivity contribution in [3.05, 3.63) is 35.4 Å². The number of nitrogens with zero attached hydrogens (tertiary/aromatic N) is 1. The summed E-state index contributed by atoms with van der Waals surface area (Å²) in [5.41, 5.74) is 5.76. The van der Waals surface area contributed by atoms with Crippen LogP contribution in [0.2, 0.25) is 0 Å². The Morgan fingerprint density at radius 3 is 2.60 bits per heavy atom. The van der Waals surface area contributed by atoms with Crippen LogP contribution in [0.5, 0.6) is 0 Å². The Morgan fingerprint density at radius 2 is 2.05 bits per heavy atom. The Labute approximate surface area is 118 Å². The molecule has 0 fully saturated rings. The van der Waals surface area contributed by atoms with E-state index in [-0.39, 0.29) is 17.4 Å². The van der Waals surface area contributed by atoms with Crippen molar-refractivity contribution in [3.63, 3.8) is 0 Å². The number of amides is 1. The van der Waals surface area contributed by atoms with Gasteiger partial charge in [0.2, 0.25) is 5.91 Å². The summed E-state index contributed by atoms with van der Waals surface area (Å²) in [4.78, 5) is 13.6. The highest BCUT2D eigenvalue weighted by atomic mass is 19.1. The fourth-order valence-corrected chi connectivity index (χ4v) is 2.04. The van der Waals surface area contributed by atoms with Crippen molar-refractivity contribution in [3.8, 4) is 0 Å². The summed E-state index contributed by atoms with van der Waals surface area (Å²) in [5, 5.41) is 0. The van der Waals surface area contributed by atoms with E-state index in [1.165, 1.54) is 4.90 Å².